The predicted octanol–water partition coefficient (Wildman–Crippen LogP) is 2.51. The minimum atomic E-state index is -0.166. The molecule has 0 spiro atoms. The number of hydrogen-bond donors (Lipinski definition) is 2. The number of nitrogens with zero attached hydrogens (tertiary/aromatic N) is 1. The standard InChI is InChI=1S/C18H23N3O3/c1-11-8-15-16(12(2)24-11)20-21-17(15)18(22)19-9-13-6-4-5-7-14(13)10-23-3/h4-7,11-12H,8-10H2,1-3H3,(H,19,22)(H,20,21)/t11-,12+/m0/s1. The van der Waals surface area contributed by atoms with Gasteiger partial charge in [0.2, 0.25) is 0 Å². The third kappa shape index (κ3) is 3.34. The Balaban J connectivity index is 1.73. The number of benzene rings is 1. The molecule has 2 aromatic rings. The number of ether oxygens (including phenoxy) is 2. The van der Waals surface area contributed by atoms with Crippen molar-refractivity contribution in [1.29, 1.82) is 0 Å². The predicted molar refractivity (Wildman–Crippen MR) is 89.6 cm³/mol. The quantitative estimate of drug-likeness (QED) is 0.884. The topological polar surface area (TPSA) is 76.2 Å². The largest absolute Gasteiger partial charge is 0.380 e. The summed E-state index contributed by atoms with van der Waals surface area (Å²) in [5.41, 5.74) is 4.44. The maximum Gasteiger partial charge on any atom is 0.272 e. The smallest absolute Gasteiger partial charge is 0.272 e. The third-order valence-corrected chi connectivity index (χ3v) is 4.31. The van der Waals surface area contributed by atoms with Gasteiger partial charge in [0.1, 0.15) is 0 Å². The van der Waals surface area contributed by atoms with Crippen molar-refractivity contribution < 1.29 is 14.3 Å². The SMILES string of the molecule is COCc1ccccc1CNC(=O)c1n[nH]c2c1C[C@H](C)O[C@@H]2C. The van der Waals surface area contributed by atoms with Crippen LogP contribution in [-0.4, -0.2) is 29.3 Å². The fourth-order valence-corrected chi connectivity index (χ4v) is 3.15. The van der Waals surface area contributed by atoms with Gasteiger partial charge in [0.15, 0.2) is 5.69 Å². The van der Waals surface area contributed by atoms with Crippen LogP contribution in [-0.2, 0) is 29.0 Å². The second-order valence-electron chi connectivity index (χ2n) is 6.14. The van der Waals surface area contributed by atoms with Crippen molar-refractivity contribution in [1.82, 2.24) is 15.5 Å². The Kier molecular flexibility index (Phi) is 4.97. The van der Waals surface area contributed by atoms with Gasteiger partial charge in [-0.15, -0.1) is 0 Å². The lowest BCUT2D eigenvalue weighted by atomic mass is 9.99. The first-order valence-corrected chi connectivity index (χ1v) is 8.16. The first-order chi connectivity index (χ1) is 11.6. The molecule has 0 radical (unpaired) electrons. The molecule has 0 saturated carbocycles. The molecule has 0 bridgehead atoms. The number of amides is 1. The van der Waals surface area contributed by atoms with Crippen LogP contribution in [0.4, 0.5) is 0 Å². The van der Waals surface area contributed by atoms with E-state index in [4.69, 9.17) is 9.47 Å². The van der Waals surface area contributed by atoms with Crippen LogP contribution in [0.5, 0.6) is 0 Å². The minimum Gasteiger partial charge on any atom is -0.380 e. The van der Waals surface area contributed by atoms with Crippen LogP contribution in [0.1, 0.15) is 52.8 Å². The van der Waals surface area contributed by atoms with E-state index in [9.17, 15) is 4.79 Å². The van der Waals surface area contributed by atoms with E-state index in [1.54, 1.807) is 7.11 Å². The van der Waals surface area contributed by atoms with Crippen molar-refractivity contribution in [2.75, 3.05) is 7.11 Å². The lowest BCUT2D eigenvalue weighted by Crippen LogP contribution is -2.27. The molecule has 1 aliphatic rings. The van der Waals surface area contributed by atoms with Gasteiger partial charge in [0.25, 0.3) is 5.91 Å². The van der Waals surface area contributed by atoms with E-state index in [-0.39, 0.29) is 18.1 Å². The van der Waals surface area contributed by atoms with E-state index in [0.717, 1.165) is 22.4 Å². The highest BCUT2D eigenvalue weighted by molar-refractivity contribution is 5.94. The normalized spacial score (nSPS) is 19.8. The second kappa shape index (κ2) is 7.15. The molecule has 6 heteroatoms. The van der Waals surface area contributed by atoms with Crippen molar-refractivity contribution in [3.63, 3.8) is 0 Å². The molecule has 0 aliphatic carbocycles. The number of H-pyrrole nitrogens is 1. The van der Waals surface area contributed by atoms with E-state index in [2.05, 4.69) is 15.5 Å². The van der Waals surface area contributed by atoms with E-state index in [1.807, 2.05) is 38.1 Å². The molecule has 1 aliphatic heterocycles. The number of hydrogen-bond acceptors (Lipinski definition) is 4. The molecule has 0 unspecified atom stereocenters. The first-order valence-electron chi connectivity index (χ1n) is 8.16. The van der Waals surface area contributed by atoms with Crippen molar-refractivity contribution in [2.45, 2.75) is 45.6 Å². The number of aromatic nitrogens is 2. The number of nitrogens with one attached hydrogen (secondary N) is 2. The molecule has 2 N–H and O–H groups in total. The zero-order chi connectivity index (χ0) is 17.1. The number of carbonyl (C=O) groups excluding carboxylic acids is 1. The van der Waals surface area contributed by atoms with Crippen LogP contribution in [0, 0.1) is 0 Å². The van der Waals surface area contributed by atoms with E-state index < -0.39 is 0 Å². The minimum absolute atomic E-state index is 0.0692. The molecular weight excluding hydrogens is 306 g/mol. The van der Waals surface area contributed by atoms with Gasteiger partial charge in [-0.2, -0.15) is 5.10 Å². The fourth-order valence-electron chi connectivity index (χ4n) is 3.15. The molecule has 0 fully saturated rings. The Hall–Kier alpha value is -2.18. The second-order valence-corrected chi connectivity index (χ2v) is 6.14. The maximum atomic E-state index is 12.6. The van der Waals surface area contributed by atoms with E-state index in [1.165, 1.54) is 0 Å². The monoisotopic (exact) mass is 329 g/mol. The summed E-state index contributed by atoms with van der Waals surface area (Å²) in [7, 11) is 1.66. The number of rotatable bonds is 5. The highest BCUT2D eigenvalue weighted by Crippen LogP contribution is 2.30. The van der Waals surface area contributed by atoms with Gasteiger partial charge in [-0.05, 0) is 25.0 Å². The first kappa shape index (κ1) is 16.7. The molecule has 2 heterocycles. The molecule has 6 nitrogen and oxygen atoms in total. The summed E-state index contributed by atoms with van der Waals surface area (Å²) in [4.78, 5) is 12.6. The summed E-state index contributed by atoms with van der Waals surface area (Å²) in [6.07, 6.45) is 0.707. The lowest BCUT2D eigenvalue weighted by molar-refractivity contribution is -0.00697. The van der Waals surface area contributed by atoms with Gasteiger partial charge in [-0.3, -0.25) is 9.89 Å². The molecule has 2 atom stereocenters. The molecule has 1 aromatic carbocycles. The summed E-state index contributed by atoms with van der Waals surface area (Å²) in [5, 5.41) is 10.1. The molecule has 1 aromatic heterocycles. The Morgan fingerprint density at radius 2 is 2.12 bits per heavy atom. The summed E-state index contributed by atoms with van der Waals surface area (Å²) in [6, 6.07) is 7.92. The Labute approximate surface area is 141 Å². The van der Waals surface area contributed by atoms with Crippen molar-refractivity contribution in [3.05, 3.63) is 52.3 Å². The van der Waals surface area contributed by atoms with Crippen LogP contribution < -0.4 is 5.32 Å². The Morgan fingerprint density at radius 1 is 1.38 bits per heavy atom. The van der Waals surface area contributed by atoms with E-state index in [0.29, 0.717) is 25.3 Å². The van der Waals surface area contributed by atoms with Crippen molar-refractivity contribution in [2.24, 2.45) is 0 Å². The average molecular weight is 329 g/mol. The summed E-state index contributed by atoms with van der Waals surface area (Å²) in [5.74, 6) is -0.166. The zero-order valence-electron chi connectivity index (χ0n) is 14.3. The summed E-state index contributed by atoms with van der Waals surface area (Å²) < 4.78 is 11.0. The Morgan fingerprint density at radius 3 is 2.88 bits per heavy atom. The van der Waals surface area contributed by atoms with Gasteiger partial charge in [0.05, 0.1) is 24.5 Å². The van der Waals surface area contributed by atoms with Gasteiger partial charge < -0.3 is 14.8 Å². The van der Waals surface area contributed by atoms with E-state index >= 15 is 0 Å². The molecule has 128 valence electrons. The maximum absolute atomic E-state index is 12.6. The molecule has 1 amide bonds. The summed E-state index contributed by atoms with van der Waals surface area (Å²) in [6.45, 7) is 4.95. The molecule has 3 rings (SSSR count). The van der Waals surface area contributed by atoms with Crippen LogP contribution in [0.25, 0.3) is 0 Å². The zero-order valence-corrected chi connectivity index (χ0v) is 14.3. The van der Waals surface area contributed by atoms with Crippen molar-refractivity contribution >= 4 is 5.91 Å². The fraction of sp³-hybridized carbons (Fsp3) is 0.444. The van der Waals surface area contributed by atoms with Gasteiger partial charge in [0, 0.05) is 25.6 Å². The molecular formula is C18H23N3O3. The number of carbonyl (C=O) groups is 1. The highest BCUT2D eigenvalue weighted by atomic mass is 16.5. The number of methoxy groups -OCH3 is 1. The van der Waals surface area contributed by atoms with Gasteiger partial charge in [-0.25, -0.2) is 0 Å². The van der Waals surface area contributed by atoms with Crippen LogP contribution >= 0.6 is 0 Å². The summed E-state index contributed by atoms with van der Waals surface area (Å²) >= 11 is 0. The van der Waals surface area contributed by atoms with Gasteiger partial charge >= 0.3 is 0 Å². The number of fused-ring (bicyclic) bond motifs is 1. The molecule has 0 saturated heterocycles. The molecule has 24 heavy (non-hydrogen) atoms. The van der Waals surface area contributed by atoms with Crippen molar-refractivity contribution in [3.8, 4) is 0 Å². The lowest BCUT2D eigenvalue weighted by Gasteiger charge is -2.25. The average Bonchev–Trinajstić information content (AvgIpc) is 2.98. The van der Waals surface area contributed by atoms with Crippen LogP contribution in [0.15, 0.2) is 24.3 Å². The van der Waals surface area contributed by atoms with Gasteiger partial charge in [-0.1, -0.05) is 24.3 Å². The Bertz CT molecular complexity index is 726. The van der Waals surface area contributed by atoms with Crippen LogP contribution in [0.3, 0.4) is 0 Å². The number of aromatic amines is 1. The third-order valence-electron chi connectivity index (χ3n) is 4.31. The highest BCUT2D eigenvalue weighted by Gasteiger charge is 2.29. The van der Waals surface area contributed by atoms with Crippen LogP contribution in [0.2, 0.25) is 0 Å².